The number of amides is 1. The zero-order chi connectivity index (χ0) is 13.5. The van der Waals surface area contributed by atoms with E-state index in [0.717, 1.165) is 25.8 Å². The normalized spacial score (nSPS) is 26.9. The summed E-state index contributed by atoms with van der Waals surface area (Å²) in [6.07, 6.45) is 3.53. The number of piperidine rings is 1. The second-order valence-electron chi connectivity index (χ2n) is 5.30. The van der Waals surface area contributed by atoms with Crippen LogP contribution in [-0.2, 0) is 9.53 Å². The lowest BCUT2D eigenvalue weighted by molar-refractivity contribution is -0.123. The van der Waals surface area contributed by atoms with Gasteiger partial charge in [-0.1, -0.05) is 0 Å². The zero-order valence-corrected chi connectivity index (χ0v) is 11.8. The molecule has 0 aliphatic carbocycles. The van der Waals surface area contributed by atoms with Crippen molar-refractivity contribution in [2.75, 3.05) is 27.3 Å². The number of nitrogens with two attached hydrogens (primary N) is 1. The van der Waals surface area contributed by atoms with E-state index in [0.29, 0.717) is 19.1 Å². The molecule has 1 saturated heterocycles. The quantitative estimate of drug-likeness (QED) is 0.673. The van der Waals surface area contributed by atoms with Gasteiger partial charge in [-0.25, -0.2) is 0 Å². The van der Waals surface area contributed by atoms with Crippen LogP contribution in [0.4, 0.5) is 0 Å². The van der Waals surface area contributed by atoms with E-state index in [2.05, 4.69) is 24.2 Å². The second kappa shape index (κ2) is 7.71. The molecule has 3 atom stereocenters. The highest BCUT2D eigenvalue weighted by Crippen LogP contribution is 2.15. The van der Waals surface area contributed by atoms with E-state index in [1.54, 1.807) is 7.11 Å². The van der Waals surface area contributed by atoms with Crippen LogP contribution in [0.1, 0.15) is 32.6 Å². The van der Waals surface area contributed by atoms with E-state index >= 15 is 0 Å². The number of carbonyl (C=O) groups is 1. The first-order chi connectivity index (χ1) is 8.54. The Morgan fingerprint density at radius 2 is 2.33 bits per heavy atom. The average Bonchev–Trinajstić information content (AvgIpc) is 2.34. The van der Waals surface area contributed by atoms with Crippen molar-refractivity contribution in [1.82, 2.24) is 10.2 Å². The van der Waals surface area contributed by atoms with Gasteiger partial charge in [0.25, 0.3) is 0 Å². The number of ether oxygens (including phenoxy) is 1. The monoisotopic (exact) mass is 257 g/mol. The predicted molar refractivity (Wildman–Crippen MR) is 72.3 cm³/mol. The molecule has 0 radical (unpaired) electrons. The molecule has 18 heavy (non-hydrogen) atoms. The molecule has 0 bridgehead atoms. The first-order valence-electron chi connectivity index (χ1n) is 6.79. The van der Waals surface area contributed by atoms with Crippen molar-refractivity contribution in [1.29, 1.82) is 0 Å². The van der Waals surface area contributed by atoms with E-state index < -0.39 is 6.04 Å². The third-order valence-electron chi connectivity index (χ3n) is 3.76. The van der Waals surface area contributed by atoms with Crippen LogP contribution in [0.25, 0.3) is 0 Å². The molecule has 0 aromatic carbocycles. The van der Waals surface area contributed by atoms with Gasteiger partial charge in [-0.2, -0.15) is 0 Å². The van der Waals surface area contributed by atoms with Crippen LogP contribution < -0.4 is 11.1 Å². The Morgan fingerprint density at radius 1 is 1.61 bits per heavy atom. The number of hydrogen-bond acceptors (Lipinski definition) is 4. The molecule has 1 aliphatic heterocycles. The van der Waals surface area contributed by atoms with Crippen molar-refractivity contribution in [2.45, 2.75) is 50.7 Å². The van der Waals surface area contributed by atoms with E-state index in [1.807, 2.05) is 0 Å². The van der Waals surface area contributed by atoms with Crippen molar-refractivity contribution in [3.63, 3.8) is 0 Å². The highest BCUT2D eigenvalue weighted by molar-refractivity contribution is 5.81. The third-order valence-corrected chi connectivity index (χ3v) is 3.76. The molecule has 106 valence electrons. The van der Waals surface area contributed by atoms with Crippen molar-refractivity contribution in [3.05, 3.63) is 0 Å². The summed E-state index contributed by atoms with van der Waals surface area (Å²) in [6, 6.07) is 0.390. The van der Waals surface area contributed by atoms with Gasteiger partial charge >= 0.3 is 0 Å². The SMILES string of the molecule is COCCCC(N)C(=O)NC1CCN(C)C(C)C1. The molecule has 0 spiro atoms. The van der Waals surface area contributed by atoms with E-state index in [9.17, 15) is 4.79 Å². The average molecular weight is 257 g/mol. The van der Waals surface area contributed by atoms with Crippen LogP contribution in [0.2, 0.25) is 0 Å². The lowest BCUT2D eigenvalue weighted by atomic mass is 9.98. The molecule has 5 heteroatoms. The maximum absolute atomic E-state index is 11.9. The minimum atomic E-state index is -0.407. The fraction of sp³-hybridized carbons (Fsp3) is 0.923. The van der Waals surface area contributed by atoms with Gasteiger partial charge in [0.15, 0.2) is 0 Å². The van der Waals surface area contributed by atoms with Gasteiger partial charge in [0.2, 0.25) is 5.91 Å². The summed E-state index contributed by atoms with van der Waals surface area (Å²) < 4.78 is 4.96. The smallest absolute Gasteiger partial charge is 0.237 e. The Bertz CT molecular complexity index is 261. The van der Waals surface area contributed by atoms with Gasteiger partial charge in [-0.05, 0) is 39.7 Å². The topological polar surface area (TPSA) is 67.6 Å². The highest BCUT2D eigenvalue weighted by atomic mass is 16.5. The maximum Gasteiger partial charge on any atom is 0.237 e. The van der Waals surface area contributed by atoms with Crippen LogP contribution in [0.5, 0.6) is 0 Å². The zero-order valence-electron chi connectivity index (χ0n) is 11.8. The van der Waals surface area contributed by atoms with Gasteiger partial charge < -0.3 is 20.7 Å². The number of rotatable bonds is 6. The minimum Gasteiger partial charge on any atom is -0.385 e. The van der Waals surface area contributed by atoms with Crippen molar-refractivity contribution in [3.8, 4) is 0 Å². The summed E-state index contributed by atoms with van der Waals surface area (Å²) in [4.78, 5) is 14.2. The molecule has 1 rings (SSSR count). The highest BCUT2D eigenvalue weighted by Gasteiger charge is 2.25. The van der Waals surface area contributed by atoms with Gasteiger partial charge in [-0.3, -0.25) is 4.79 Å². The van der Waals surface area contributed by atoms with Crippen molar-refractivity contribution < 1.29 is 9.53 Å². The third kappa shape index (κ3) is 4.92. The van der Waals surface area contributed by atoms with Crippen LogP contribution in [0, 0.1) is 0 Å². The van der Waals surface area contributed by atoms with Crippen LogP contribution in [-0.4, -0.2) is 56.2 Å². The number of methoxy groups -OCH3 is 1. The summed E-state index contributed by atoms with van der Waals surface area (Å²) in [5.74, 6) is -0.0205. The molecule has 3 N–H and O–H groups in total. The molecule has 5 nitrogen and oxygen atoms in total. The van der Waals surface area contributed by atoms with E-state index in [4.69, 9.17) is 10.5 Å². The van der Waals surface area contributed by atoms with Crippen molar-refractivity contribution in [2.24, 2.45) is 5.73 Å². The number of hydrogen-bond donors (Lipinski definition) is 2. The summed E-state index contributed by atoms with van der Waals surface area (Å²) in [7, 11) is 3.78. The van der Waals surface area contributed by atoms with Crippen LogP contribution in [0.15, 0.2) is 0 Å². The van der Waals surface area contributed by atoms with Gasteiger partial charge in [0, 0.05) is 32.3 Å². The Labute approximate surface area is 110 Å². The van der Waals surface area contributed by atoms with E-state index in [1.165, 1.54) is 0 Å². The number of likely N-dealkylation sites (tertiary alicyclic amines) is 1. The van der Waals surface area contributed by atoms with Gasteiger partial charge in [0.05, 0.1) is 6.04 Å². The summed E-state index contributed by atoms with van der Waals surface area (Å²) in [5.41, 5.74) is 5.86. The number of carbonyl (C=O) groups excluding carboxylic acids is 1. The summed E-state index contributed by atoms with van der Waals surface area (Å²) in [5, 5.41) is 3.07. The Kier molecular flexibility index (Phi) is 6.60. The number of nitrogens with one attached hydrogen (secondary N) is 1. The molecule has 1 heterocycles. The molecular formula is C13H27N3O2. The Hall–Kier alpha value is -0.650. The first kappa shape index (κ1) is 15.4. The van der Waals surface area contributed by atoms with Gasteiger partial charge in [-0.15, -0.1) is 0 Å². The molecule has 0 aromatic rings. The Morgan fingerprint density at radius 3 is 2.94 bits per heavy atom. The molecular weight excluding hydrogens is 230 g/mol. The molecule has 1 amide bonds. The van der Waals surface area contributed by atoms with E-state index in [-0.39, 0.29) is 11.9 Å². The lowest BCUT2D eigenvalue weighted by Gasteiger charge is -2.35. The molecule has 1 fully saturated rings. The van der Waals surface area contributed by atoms with Crippen LogP contribution in [0.3, 0.4) is 0 Å². The molecule has 3 unspecified atom stereocenters. The fourth-order valence-electron chi connectivity index (χ4n) is 2.31. The minimum absolute atomic E-state index is 0.0205. The van der Waals surface area contributed by atoms with Crippen LogP contribution >= 0.6 is 0 Å². The summed E-state index contributed by atoms with van der Waals surface area (Å²) in [6.45, 7) is 3.88. The Balaban J connectivity index is 2.26. The number of nitrogens with zero attached hydrogens (tertiary/aromatic N) is 1. The fourth-order valence-corrected chi connectivity index (χ4v) is 2.31. The molecule has 0 saturated carbocycles. The largest absolute Gasteiger partial charge is 0.385 e. The summed E-state index contributed by atoms with van der Waals surface area (Å²) >= 11 is 0. The lowest BCUT2D eigenvalue weighted by Crippen LogP contribution is -2.51. The second-order valence-corrected chi connectivity index (χ2v) is 5.30. The van der Waals surface area contributed by atoms with Gasteiger partial charge in [0.1, 0.15) is 0 Å². The van der Waals surface area contributed by atoms with Crippen molar-refractivity contribution >= 4 is 5.91 Å². The molecule has 0 aromatic heterocycles. The predicted octanol–water partition coefficient (Wildman–Crippen LogP) is 0.339. The standard InChI is InChI=1S/C13H27N3O2/c1-10-9-11(6-7-16(10)2)15-13(17)12(14)5-4-8-18-3/h10-12H,4-9,14H2,1-3H3,(H,15,17). The first-order valence-corrected chi connectivity index (χ1v) is 6.79. The maximum atomic E-state index is 11.9. The molecule has 1 aliphatic rings.